The highest BCUT2D eigenvalue weighted by Gasteiger charge is 2.15. The molecular weight excluding hydrogens is 272 g/mol. The molecule has 1 aliphatic rings. The highest BCUT2D eigenvalue weighted by Crippen LogP contribution is 2.33. The minimum atomic E-state index is 0.00628. The Bertz CT molecular complexity index is 610. The number of rotatable bonds is 3. The molecule has 3 rings (SSSR count). The van der Waals surface area contributed by atoms with E-state index in [0.717, 1.165) is 28.5 Å². The summed E-state index contributed by atoms with van der Waals surface area (Å²) < 4.78 is 5.59. The number of fused-ring (bicyclic) bond motifs is 1. The number of likely N-dealkylation sites (N-methyl/N-ethyl adjacent to an activating group) is 1. The molecule has 0 fully saturated rings. The van der Waals surface area contributed by atoms with E-state index in [1.54, 1.807) is 11.3 Å². The summed E-state index contributed by atoms with van der Waals surface area (Å²) in [6, 6.07) is 9.67. The molecule has 20 heavy (non-hydrogen) atoms. The van der Waals surface area contributed by atoms with Crippen LogP contribution in [0.4, 0.5) is 11.4 Å². The molecule has 2 aromatic rings. The van der Waals surface area contributed by atoms with Crippen LogP contribution in [0.1, 0.15) is 4.88 Å². The second kappa shape index (κ2) is 5.54. The number of thiophene rings is 1. The number of carbonyl (C=O) groups is 1. The zero-order valence-electron chi connectivity index (χ0n) is 11.3. The predicted molar refractivity (Wildman–Crippen MR) is 81.9 cm³/mol. The van der Waals surface area contributed by atoms with Gasteiger partial charge in [0, 0.05) is 17.6 Å². The molecule has 0 unspecified atom stereocenters. The van der Waals surface area contributed by atoms with Gasteiger partial charge in [-0.2, -0.15) is 0 Å². The third-order valence-corrected chi connectivity index (χ3v) is 4.13. The Balaban J connectivity index is 1.71. The Hall–Kier alpha value is -2.01. The first-order valence-electron chi connectivity index (χ1n) is 6.52. The van der Waals surface area contributed by atoms with Gasteiger partial charge in [-0.15, -0.1) is 11.3 Å². The summed E-state index contributed by atoms with van der Waals surface area (Å²) in [5.74, 6) is 0.877. The number of anilines is 2. The van der Waals surface area contributed by atoms with E-state index in [-0.39, 0.29) is 5.91 Å². The summed E-state index contributed by atoms with van der Waals surface area (Å²) in [6.07, 6.45) is 0.418. The maximum atomic E-state index is 12.0. The Morgan fingerprint density at radius 3 is 3.15 bits per heavy atom. The van der Waals surface area contributed by atoms with E-state index in [1.807, 2.05) is 42.8 Å². The zero-order valence-corrected chi connectivity index (χ0v) is 12.1. The summed E-state index contributed by atoms with van der Waals surface area (Å²) >= 11 is 1.60. The van der Waals surface area contributed by atoms with Gasteiger partial charge < -0.3 is 15.0 Å². The average Bonchev–Trinajstić information content (AvgIpc) is 2.92. The molecule has 0 radical (unpaired) electrons. The maximum absolute atomic E-state index is 12.0. The Labute approximate surface area is 122 Å². The van der Waals surface area contributed by atoms with Crippen LogP contribution >= 0.6 is 11.3 Å². The second-order valence-corrected chi connectivity index (χ2v) is 5.79. The predicted octanol–water partition coefficient (Wildman–Crippen LogP) is 2.76. The van der Waals surface area contributed by atoms with Crippen LogP contribution in [0, 0.1) is 0 Å². The van der Waals surface area contributed by atoms with Crippen LogP contribution < -0.4 is 15.0 Å². The van der Waals surface area contributed by atoms with Crippen LogP contribution in [-0.4, -0.2) is 26.1 Å². The molecule has 0 aliphatic carbocycles. The fraction of sp³-hybridized carbons (Fsp3) is 0.267. The van der Waals surface area contributed by atoms with Crippen molar-refractivity contribution in [3.05, 3.63) is 40.6 Å². The first kappa shape index (κ1) is 13.0. The number of nitrogens with one attached hydrogen (secondary N) is 1. The monoisotopic (exact) mass is 288 g/mol. The topological polar surface area (TPSA) is 41.6 Å². The first-order chi connectivity index (χ1) is 9.72. The van der Waals surface area contributed by atoms with Crippen molar-refractivity contribution in [2.75, 3.05) is 30.4 Å². The van der Waals surface area contributed by atoms with Gasteiger partial charge in [-0.25, -0.2) is 0 Å². The van der Waals surface area contributed by atoms with Gasteiger partial charge in [0.2, 0.25) is 5.91 Å². The quantitative estimate of drug-likeness (QED) is 0.944. The molecule has 2 heterocycles. The van der Waals surface area contributed by atoms with E-state index in [4.69, 9.17) is 4.74 Å². The Morgan fingerprint density at radius 1 is 1.45 bits per heavy atom. The summed E-state index contributed by atoms with van der Waals surface area (Å²) in [7, 11) is 2.03. The van der Waals surface area contributed by atoms with Crippen molar-refractivity contribution in [2.24, 2.45) is 0 Å². The molecule has 1 amide bonds. The molecule has 0 saturated carbocycles. The molecular formula is C15H16N2O2S. The van der Waals surface area contributed by atoms with Gasteiger partial charge in [0.1, 0.15) is 12.4 Å². The van der Waals surface area contributed by atoms with E-state index in [1.165, 1.54) is 0 Å². The molecule has 0 saturated heterocycles. The number of hydrogen-bond donors (Lipinski definition) is 1. The average molecular weight is 288 g/mol. The molecule has 0 bridgehead atoms. The van der Waals surface area contributed by atoms with Gasteiger partial charge in [-0.3, -0.25) is 4.79 Å². The second-order valence-electron chi connectivity index (χ2n) is 4.76. The van der Waals surface area contributed by atoms with Crippen LogP contribution in [0.25, 0.3) is 0 Å². The molecule has 1 N–H and O–H groups in total. The molecule has 1 aromatic carbocycles. The summed E-state index contributed by atoms with van der Waals surface area (Å²) in [6.45, 7) is 1.56. The van der Waals surface area contributed by atoms with Crippen LogP contribution in [0.5, 0.6) is 5.75 Å². The Morgan fingerprint density at radius 2 is 2.35 bits per heavy atom. The van der Waals surface area contributed by atoms with Crippen molar-refractivity contribution in [2.45, 2.75) is 6.42 Å². The lowest BCUT2D eigenvalue weighted by atomic mass is 10.2. The molecule has 4 nitrogen and oxygen atoms in total. The summed E-state index contributed by atoms with van der Waals surface area (Å²) in [5.41, 5.74) is 1.83. The Kier molecular flexibility index (Phi) is 3.60. The van der Waals surface area contributed by atoms with Crippen LogP contribution in [0.3, 0.4) is 0 Å². The number of benzene rings is 1. The van der Waals surface area contributed by atoms with E-state index in [2.05, 4.69) is 10.2 Å². The zero-order chi connectivity index (χ0) is 13.9. The molecule has 0 spiro atoms. The highest BCUT2D eigenvalue weighted by molar-refractivity contribution is 7.10. The van der Waals surface area contributed by atoms with Crippen molar-refractivity contribution in [3.8, 4) is 5.75 Å². The van der Waals surface area contributed by atoms with Crippen molar-refractivity contribution in [3.63, 3.8) is 0 Å². The van der Waals surface area contributed by atoms with Gasteiger partial charge in [-0.1, -0.05) is 6.07 Å². The number of amides is 1. The normalized spacial score (nSPS) is 13.6. The third-order valence-electron chi connectivity index (χ3n) is 3.25. The maximum Gasteiger partial charge on any atom is 0.229 e. The standard InChI is InChI=1S/C15H16N2O2S/c1-17-6-7-19-14-5-4-11(9-13(14)17)16-15(18)10-12-3-2-8-20-12/h2-5,8-9H,6-7,10H2,1H3,(H,16,18). The first-order valence-corrected chi connectivity index (χ1v) is 7.40. The van der Waals surface area contributed by atoms with Crippen LogP contribution in [0.2, 0.25) is 0 Å². The van der Waals surface area contributed by atoms with Crippen molar-refractivity contribution in [1.82, 2.24) is 0 Å². The number of ether oxygens (including phenoxy) is 1. The summed E-state index contributed by atoms with van der Waals surface area (Å²) in [5, 5.41) is 4.92. The SMILES string of the molecule is CN1CCOc2ccc(NC(=O)Cc3cccs3)cc21. The van der Waals surface area contributed by atoms with Crippen LogP contribution in [0.15, 0.2) is 35.7 Å². The van der Waals surface area contributed by atoms with Crippen molar-refractivity contribution >= 4 is 28.6 Å². The van der Waals surface area contributed by atoms with Gasteiger partial charge in [-0.05, 0) is 29.6 Å². The highest BCUT2D eigenvalue weighted by atomic mass is 32.1. The smallest absolute Gasteiger partial charge is 0.229 e. The fourth-order valence-electron chi connectivity index (χ4n) is 2.21. The number of nitrogens with zero attached hydrogens (tertiary/aromatic N) is 1. The number of hydrogen-bond acceptors (Lipinski definition) is 4. The molecule has 5 heteroatoms. The summed E-state index contributed by atoms with van der Waals surface area (Å²) in [4.78, 5) is 15.2. The van der Waals surface area contributed by atoms with Gasteiger partial charge in [0.15, 0.2) is 0 Å². The fourth-order valence-corrected chi connectivity index (χ4v) is 2.91. The third kappa shape index (κ3) is 2.77. The van der Waals surface area contributed by atoms with E-state index < -0.39 is 0 Å². The molecule has 0 atom stereocenters. The van der Waals surface area contributed by atoms with Gasteiger partial charge >= 0.3 is 0 Å². The van der Waals surface area contributed by atoms with Crippen molar-refractivity contribution in [1.29, 1.82) is 0 Å². The van der Waals surface area contributed by atoms with Gasteiger partial charge in [0.25, 0.3) is 0 Å². The van der Waals surface area contributed by atoms with Crippen LogP contribution in [-0.2, 0) is 11.2 Å². The minimum Gasteiger partial charge on any atom is -0.490 e. The van der Waals surface area contributed by atoms with E-state index in [9.17, 15) is 4.79 Å². The van der Waals surface area contributed by atoms with E-state index in [0.29, 0.717) is 13.0 Å². The van der Waals surface area contributed by atoms with E-state index >= 15 is 0 Å². The molecule has 104 valence electrons. The largest absolute Gasteiger partial charge is 0.490 e. The minimum absolute atomic E-state index is 0.00628. The number of carbonyl (C=O) groups excluding carboxylic acids is 1. The lowest BCUT2D eigenvalue weighted by molar-refractivity contribution is -0.115. The van der Waals surface area contributed by atoms with Gasteiger partial charge in [0.05, 0.1) is 18.7 Å². The molecule has 1 aromatic heterocycles. The molecule has 1 aliphatic heterocycles. The van der Waals surface area contributed by atoms with Crippen molar-refractivity contribution < 1.29 is 9.53 Å². The lowest BCUT2D eigenvalue weighted by Crippen LogP contribution is -2.28. The lowest BCUT2D eigenvalue weighted by Gasteiger charge is -2.28.